The van der Waals surface area contributed by atoms with E-state index in [-0.39, 0.29) is 17.0 Å². The zero-order valence-electron chi connectivity index (χ0n) is 15.3. The Morgan fingerprint density at radius 1 is 1.29 bits per heavy atom. The van der Waals surface area contributed by atoms with Gasteiger partial charge in [0.25, 0.3) is 5.56 Å². The largest absolute Gasteiger partial charge is 0.502 e. The maximum Gasteiger partial charge on any atom is 0.311 e. The molecular weight excluding hydrogens is 362 g/mol. The topological polar surface area (TPSA) is 125 Å². The summed E-state index contributed by atoms with van der Waals surface area (Å²) in [6.07, 6.45) is 3.61. The lowest BCUT2D eigenvalue weighted by molar-refractivity contribution is -0.385. The van der Waals surface area contributed by atoms with Gasteiger partial charge in [-0.2, -0.15) is 0 Å². The molecule has 0 atom stereocenters. The Labute approximate surface area is 160 Å². The van der Waals surface area contributed by atoms with Crippen LogP contribution in [0.15, 0.2) is 28.0 Å². The fourth-order valence-electron chi connectivity index (χ4n) is 3.71. The minimum Gasteiger partial charge on any atom is -0.502 e. The molecule has 3 heterocycles. The van der Waals surface area contributed by atoms with Gasteiger partial charge in [0.1, 0.15) is 0 Å². The normalized spacial score (nSPS) is 17.1. The second-order valence-corrected chi connectivity index (χ2v) is 7.17. The number of hydrogen-bond acceptors (Lipinski definition) is 7. The summed E-state index contributed by atoms with van der Waals surface area (Å²) < 4.78 is 0. The molecule has 2 N–H and O–H groups in total. The van der Waals surface area contributed by atoms with Crippen molar-refractivity contribution in [3.63, 3.8) is 0 Å². The minimum absolute atomic E-state index is 0.144. The SMILES string of the molecule is O=c1[nH]c(C2=NCCCC2)nc2c1CN(Cc1ccc(O)c([N+](=O)[O-])c1)CC2. The fraction of sp³-hybridized carbons (Fsp3) is 0.421. The van der Waals surface area contributed by atoms with E-state index in [1.807, 2.05) is 4.90 Å². The number of aromatic hydroxyl groups is 1. The molecule has 28 heavy (non-hydrogen) atoms. The molecule has 9 heteroatoms. The first-order chi connectivity index (χ1) is 13.5. The van der Waals surface area contributed by atoms with E-state index >= 15 is 0 Å². The van der Waals surface area contributed by atoms with Crippen molar-refractivity contribution in [3.05, 3.63) is 61.3 Å². The predicted octanol–water partition coefficient (Wildman–Crippen LogP) is 1.92. The van der Waals surface area contributed by atoms with Crippen LogP contribution in [0.25, 0.3) is 0 Å². The summed E-state index contributed by atoms with van der Waals surface area (Å²) in [6.45, 7) is 2.36. The Morgan fingerprint density at radius 2 is 2.14 bits per heavy atom. The van der Waals surface area contributed by atoms with Crippen molar-refractivity contribution in [2.24, 2.45) is 4.99 Å². The van der Waals surface area contributed by atoms with Gasteiger partial charge in [-0.15, -0.1) is 0 Å². The average Bonchev–Trinajstić information content (AvgIpc) is 2.70. The Morgan fingerprint density at radius 3 is 2.89 bits per heavy atom. The number of aromatic amines is 1. The summed E-state index contributed by atoms with van der Waals surface area (Å²) in [6, 6.07) is 4.36. The highest BCUT2D eigenvalue weighted by molar-refractivity contribution is 5.97. The number of aromatic nitrogens is 2. The number of fused-ring (bicyclic) bond motifs is 1. The number of nitro benzene ring substituents is 1. The van der Waals surface area contributed by atoms with Crippen LogP contribution in [0.3, 0.4) is 0 Å². The standard InChI is InChI=1S/C19H21N5O4/c25-17-5-4-12(9-16(17)24(27)28)10-23-8-6-14-13(11-23)19(26)22-18(21-14)15-3-1-2-7-20-15/h4-5,9,25H,1-3,6-8,10-11H2,(H,21,22,26). The van der Waals surface area contributed by atoms with Crippen molar-refractivity contribution in [1.29, 1.82) is 0 Å². The molecule has 0 saturated heterocycles. The molecule has 9 nitrogen and oxygen atoms in total. The number of phenols is 1. The average molecular weight is 383 g/mol. The van der Waals surface area contributed by atoms with Gasteiger partial charge in [-0.3, -0.25) is 24.8 Å². The van der Waals surface area contributed by atoms with Gasteiger partial charge in [0, 0.05) is 38.7 Å². The summed E-state index contributed by atoms with van der Waals surface area (Å²) >= 11 is 0. The lowest BCUT2D eigenvalue weighted by atomic mass is 10.0. The molecule has 0 unspecified atom stereocenters. The highest BCUT2D eigenvalue weighted by atomic mass is 16.6. The first kappa shape index (κ1) is 18.3. The highest BCUT2D eigenvalue weighted by Crippen LogP contribution is 2.27. The van der Waals surface area contributed by atoms with Crippen LogP contribution in [-0.2, 0) is 19.5 Å². The summed E-state index contributed by atoms with van der Waals surface area (Å²) in [5.41, 5.74) is 2.58. The molecule has 0 aliphatic carbocycles. The van der Waals surface area contributed by atoms with Gasteiger partial charge in [-0.25, -0.2) is 4.98 Å². The molecule has 2 aliphatic rings. The van der Waals surface area contributed by atoms with E-state index in [2.05, 4.69) is 15.0 Å². The molecule has 0 radical (unpaired) electrons. The zero-order chi connectivity index (χ0) is 19.7. The highest BCUT2D eigenvalue weighted by Gasteiger charge is 2.23. The summed E-state index contributed by atoms with van der Waals surface area (Å²) in [5, 5.41) is 20.6. The van der Waals surface area contributed by atoms with Gasteiger partial charge in [-0.1, -0.05) is 6.07 Å². The quantitative estimate of drug-likeness (QED) is 0.614. The van der Waals surface area contributed by atoms with Crippen molar-refractivity contribution in [3.8, 4) is 5.75 Å². The molecule has 0 bridgehead atoms. The summed E-state index contributed by atoms with van der Waals surface area (Å²) in [7, 11) is 0. The van der Waals surface area contributed by atoms with Gasteiger partial charge in [0.2, 0.25) is 0 Å². The van der Waals surface area contributed by atoms with Crippen molar-refractivity contribution in [1.82, 2.24) is 14.9 Å². The first-order valence-corrected chi connectivity index (χ1v) is 9.35. The van der Waals surface area contributed by atoms with E-state index < -0.39 is 4.92 Å². The number of nitrogens with zero attached hydrogens (tertiary/aromatic N) is 4. The van der Waals surface area contributed by atoms with Crippen molar-refractivity contribution >= 4 is 11.4 Å². The van der Waals surface area contributed by atoms with Crippen LogP contribution in [0.4, 0.5) is 5.69 Å². The lowest BCUT2D eigenvalue weighted by Crippen LogP contribution is -2.36. The number of nitro groups is 1. The molecule has 4 rings (SSSR count). The van der Waals surface area contributed by atoms with Gasteiger partial charge in [0.05, 0.1) is 21.9 Å². The number of hydrogen-bond donors (Lipinski definition) is 2. The monoisotopic (exact) mass is 383 g/mol. The molecule has 2 aliphatic heterocycles. The van der Waals surface area contributed by atoms with Gasteiger partial charge >= 0.3 is 5.69 Å². The van der Waals surface area contributed by atoms with E-state index in [0.29, 0.717) is 43.0 Å². The van der Waals surface area contributed by atoms with E-state index in [4.69, 9.17) is 0 Å². The van der Waals surface area contributed by atoms with Gasteiger partial charge in [-0.05, 0) is 30.9 Å². The van der Waals surface area contributed by atoms with Crippen LogP contribution in [0.2, 0.25) is 0 Å². The third-order valence-electron chi connectivity index (χ3n) is 5.19. The molecular formula is C19H21N5O4. The second-order valence-electron chi connectivity index (χ2n) is 7.17. The Hall–Kier alpha value is -3.07. The third-order valence-corrected chi connectivity index (χ3v) is 5.19. The molecule has 1 aromatic heterocycles. The smallest absolute Gasteiger partial charge is 0.311 e. The maximum absolute atomic E-state index is 12.6. The molecule has 2 aromatic rings. The number of H-pyrrole nitrogens is 1. The van der Waals surface area contributed by atoms with Crippen molar-refractivity contribution in [2.75, 3.05) is 13.1 Å². The van der Waals surface area contributed by atoms with E-state index in [9.17, 15) is 20.0 Å². The van der Waals surface area contributed by atoms with Crippen LogP contribution in [0, 0.1) is 10.1 Å². The maximum atomic E-state index is 12.6. The Balaban J connectivity index is 1.54. The predicted molar refractivity (Wildman–Crippen MR) is 103 cm³/mol. The molecule has 0 amide bonds. The number of nitrogens with one attached hydrogen (secondary N) is 1. The van der Waals surface area contributed by atoms with Crippen LogP contribution in [-0.4, -0.2) is 43.7 Å². The minimum atomic E-state index is -0.603. The van der Waals surface area contributed by atoms with Crippen LogP contribution in [0.5, 0.6) is 5.75 Å². The lowest BCUT2D eigenvalue weighted by Gasteiger charge is -2.28. The summed E-state index contributed by atoms with van der Waals surface area (Å²) in [5.74, 6) is 0.239. The van der Waals surface area contributed by atoms with Crippen molar-refractivity contribution < 1.29 is 10.0 Å². The number of phenolic OH excluding ortho intramolecular Hbond substituents is 1. The number of benzene rings is 1. The summed E-state index contributed by atoms with van der Waals surface area (Å²) in [4.78, 5) is 37.1. The number of rotatable bonds is 4. The Kier molecular flexibility index (Phi) is 4.91. The Bertz CT molecular complexity index is 1010. The number of aliphatic imine (C=N–C) groups is 1. The second kappa shape index (κ2) is 7.51. The van der Waals surface area contributed by atoms with E-state index in [0.717, 1.165) is 37.2 Å². The third kappa shape index (κ3) is 3.65. The molecule has 146 valence electrons. The zero-order valence-corrected chi connectivity index (χ0v) is 15.3. The van der Waals surface area contributed by atoms with E-state index in [1.54, 1.807) is 6.07 Å². The van der Waals surface area contributed by atoms with Crippen LogP contribution < -0.4 is 5.56 Å². The van der Waals surface area contributed by atoms with Gasteiger partial charge in [0.15, 0.2) is 11.6 Å². The fourth-order valence-corrected chi connectivity index (χ4v) is 3.71. The van der Waals surface area contributed by atoms with Crippen LogP contribution in [0.1, 0.15) is 41.9 Å². The first-order valence-electron chi connectivity index (χ1n) is 9.35. The molecule has 0 fully saturated rings. The van der Waals surface area contributed by atoms with Crippen molar-refractivity contribution in [2.45, 2.75) is 38.8 Å². The molecule has 0 spiro atoms. The molecule has 0 saturated carbocycles. The van der Waals surface area contributed by atoms with Gasteiger partial charge < -0.3 is 10.1 Å². The molecule has 1 aromatic carbocycles. The van der Waals surface area contributed by atoms with E-state index in [1.165, 1.54) is 12.1 Å². The van der Waals surface area contributed by atoms with Crippen LogP contribution >= 0.6 is 0 Å².